The number of nitrogens with one attached hydrogen (secondary N) is 1. The van der Waals surface area contributed by atoms with Crippen LogP contribution in [-0.4, -0.2) is 61.5 Å². The highest BCUT2D eigenvalue weighted by Gasteiger charge is 2.62. The number of quaternary nitrogens is 1. The summed E-state index contributed by atoms with van der Waals surface area (Å²) in [5.74, 6) is 2.94. The van der Waals surface area contributed by atoms with E-state index in [0.717, 1.165) is 25.7 Å². The summed E-state index contributed by atoms with van der Waals surface area (Å²) in [4.78, 5) is 40.2. The van der Waals surface area contributed by atoms with Crippen LogP contribution in [0.15, 0.2) is 0 Å². The average Bonchev–Trinajstić information content (AvgIpc) is 3.30. The number of carbonyl (C=O) groups excluding carboxylic acids is 3. The molecule has 0 spiro atoms. The summed E-state index contributed by atoms with van der Waals surface area (Å²) in [6.45, 7) is 13.7. The Morgan fingerprint density at radius 1 is 1.06 bits per heavy atom. The third-order valence-corrected chi connectivity index (χ3v) is 7.20. The summed E-state index contributed by atoms with van der Waals surface area (Å²) in [6.07, 6.45) is 3.75. The second-order valence-electron chi connectivity index (χ2n) is 11.2. The number of methoxy groups -OCH3 is 1. The van der Waals surface area contributed by atoms with Crippen LogP contribution in [-0.2, 0) is 14.3 Å². The van der Waals surface area contributed by atoms with Gasteiger partial charge in [0.25, 0.3) is 0 Å². The molecule has 2 aliphatic rings. The molecule has 180 valence electrons. The first-order valence-electron chi connectivity index (χ1n) is 11.8. The molecule has 1 aliphatic heterocycles. The van der Waals surface area contributed by atoms with Crippen LogP contribution >= 0.6 is 0 Å². The number of alkyl carbamates (subject to hydrolysis) is 1. The predicted octanol–water partition coefficient (Wildman–Crippen LogP) is 4.61. The first-order chi connectivity index (χ1) is 14.7. The molecule has 1 N–H and O–H groups in total. The average molecular weight is 466 g/mol. The Hall–Kier alpha value is -1.85. The van der Waals surface area contributed by atoms with E-state index < -0.39 is 42.4 Å². The molecular formula is C24H41N2O5Si+. The smallest absolute Gasteiger partial charge is 0.444 e. The summed E-state index contributed by atoms with van der Waals surface area (Å²) in [5, 5.41) is 2.84. The largest absolute Gasteiger partial charge is 0.524 e. The van der Waals surface area contributed by atoms with Crippen LogP contribution in [0.25, 0.3) is 0 Å². The molecule has 3 amide bonds. The van der Waals surface area contributed by atoms with E-state index in [2.05, 4.69) is 36.4 Å². The van der Waals surface area contributed by atoms with Gasteiger partial charge in [0, 0.05) is 12.8 Å². The van der Waals surface area contributed by atoms with E-state index in [1.54, 1.807) is 20.8 Å². The minimum atomic E-state index is -1.72. The Bertz CT molecular complexity index is 783. The van der Waals surface area contributed by atoms with Crippen LogP contribution in [0, 0.1) is 17.4 Å². The minimum Gasteiger partial charge on any atom is -0.444 e. The van der Waals surface area contributed by atoms with Crippen molar-refractivity contribution in [2.24, 2.45) is 5.92 Å². The zero-order valence-electron chi connectivity index (χ0n) is 21.0. The number of hydrogen-bond donors (Lipinski definition) is 1. The van der Waals surface area contributed by atoms with E-state index in [4.69, 9.17) is 9.47 Å². The molecule has 1 saturated carbocycles. The van der Waals surface area contributed by atoms with Crippen molar-refractivity contribution in [1.82, 2.24) is 5.32 Å². The molecule has 0 radical (unpaired) electrons. The number of ether oxygens (including phenoxy) is 2. The number of hydrogen-bond acceptors (Lipinski definition) is 5. The van der Waals surface area contributed by atoms with Gasteiger partial charge in [-0.2, -0.15) is 4.79 Å². The zero-order chi connectivity index (χ0) is 24.3. The molecule has 1 unspecified atom stereocenters. The van der Waals surface area contributed by atoms with Gasteiger partial charge in [-0.1, -0.05) is 32.5 Å². The van der Waals surface area contributed by atoms with Crippen molar-refractivity contribution in [2.75, 3.05) is 7.11 Å². The number of rotatable bonds is 3. The standard InChI is InChI=1S/C24H40N2O5Si/c1-17-13-14-19(15-16-32(6,7)8)26(17,23(29)30-5)21(27)20(18-11-9-10-12-18)25-22(28)31-24(2,3)4/h17-20H,9-14H2,1-8H3/p+1/t17-,19-,20+,26?/m1/s1. The SMILES string of the molecule is COC(=O)[N+]1(C(=O)[C@@H](NC(=O)OC(C)(C)C)C2CCCC2)[C@H](C)CC[C@@H]1C#C[Si](C)(C)C. The Morgan fingerprint density at radius 3 is 2.16 bits per heavy atom. The van der Waals surface area contributed by atoms with E-state index in [1.165, 1.54) is 7.11 Å². The Balaban J connectivity index is 2.51. The Labute approximate surface area is 194 Å². The molecule has 0 aromatic carbocycles. The molecule has 1 saturated heterocycles. The van der Waals surface area contributed by atoms with Crippen molar-refractivity contribution in [3.05, 3.63) is 0 Å². The quantitative estimate of drug-likeness (QED) is 0.374. The molecule has 2 rings (SSSR count). The lowest BCUT2D eigenvalue weighted by atomic mass is 9.95. The number of carbonyl (C=O) groups is 3. The lowest BCUT2D eigenvalue weighted by molar-refractivity contribution is -0.810. The maximum atomic E-state index is 14.2. The molecule has 0 aromatic heterocycles. The van der Waals surface area contributed by atoms with E-state index >= 15 is 0 Å². The van der Waals surface area contributed by atoms with Crippen LogP contribution in [0.2, 0.25) is 19.6 Å². The predicted molar refractivity (Wildman–Crippen MR) is 126 cm³/mol. The molecule has 4 atom stereocenters. The second kappa shape index (κ2) is 9.96. The van der Waals surface area contributed by atoms with Gasteiger partial charge in [0.1, 0.15) is 19.7 Å². The topological polar surface area (TPSA) is 81.7 Å². The third-order valence-electron chi connectivity index (χ3n) is 6.31. The highest BCUT2D eigenvalue weighted by Crippen LogP contribution is 2.38. The maximum absolute atomic E-state index is 14.2. The maximum Gasteiger partial charge on any atom is 0.524 e. The number of nitrogens with zero attached hydrogens (tertiary/aromatic N) is 1. The molecule has 8 heteroatoms. The van der Waals surface area contributed by atoms with Crippen molar-refractivity contribution < 1.29 is 28.3 Å². The van der Waals surface area contributed by atoms with E-state index in [1.807, 2.05) is 6.92 Å². The highest BCUT2D eigenvalue weighted by atomic mass is 28.3. The highest BCUT2D eigenvalue weighted by molar-refractivity contribution is 6.83. The fraction of sp³-hybridized carbons (Fsp3) is 0.792. The van der Waals surface area contributed by atoms with Gasteiger partial charge in [-0.15, -0.1) is 10.0 Å². The number of likely N-dealkylation sites (tertiary alicyclic amines) is 1. The van der Waals surface area contributed by atoms with Crippen molar-refractivity contribution >= 4 is 26.2 Å². The Kier molecular flexibility index (Phi) is 8.22. The summed E-state index contributed by atoms with van der Waals surface area (Å²) in [7, 11) is -0.404. The summed E-state index contributed by atoms with van der Waals surface area (Å²) in [5.41, 5.74) is 2.67. The lowest BCUT2D eigenvalue weighted by Gasteiger charge is -2.38. The van der Waals surface area contributed by atoms with Gasteiger partial charge in [0.15, 0.2) is 12.1 Å². The van der Waals surface area contributed by atoms with E-state index in [0.29, 0.717) is 12.8 Å². The number of imide groups is 1. The van der Waals surface area contributed by atoms with Crippen LogP contribution < -0.4 is 5.32 Å². The van der Waals surface area contributed by atoms with Crippen LogP contribution in [0.1, 0.15) is 66.2 Å². The molecule has 2 fully saturated rings. The first-order valence-corrected chi connectivity index (χ1v) is 15.3. The van der Waals surface area contributed by atoms with Gasteiger partial charge >= 0.3 is 18.1 Å². The van der Waals surface area contributed by atoms with Gasteiger partial charge in [-0.3, -0.25) is 0 Å². The molecule has 0 aromatic rings. The van der Waals surface area contributed by atoms with E-state index in [9.17, 15) is 14.4 Å². The minimum absolute atomic E-state index is 0.0342. The van der Waals surface area contributed by atoms with Crippen LogP contribution in [0.3, 0.4) is 0 Å². The molecule has 32 heavy (non-hydrogen) atoms. The van der Waals surface area contributed by atoms with Gasteiger partial charge in [-0.05, 0) is 52.4 Å². The van der Waals surface area contributed by atoms with Gasteiger partial charge in [0.2, 0.25) is 0 Å². The molecule has 1 heterocycles. The molecule has 1 aliphatic carbocycles. The van der Waals surface area contributed by atoms with E-state index in [-0.39, 0.29) is 17.9 Å². The summed E-state index contributed by atoms with van der Waals surface area (Å²) >= 11 is 0. The monoisotopic (exact) mass is 465 g/mol. The van der Waals surface area contributed by atoms with Crippen LogP contribution in [0.4, 0.5) is 9.59 Å². The first kappa shape index (κ1) is 26.4. The fourth-order valence-electron chi connectivity index (χ4n) is 4.84. The van der Waals surface area contributed by atoms with Crippen molar-refractivity contribution in [3.8, 4) is 11.5 Å². The zero-order valence-corrected chi connectivity index (χ0v) is 22.0. The molecular weight excluding hydrogens is 424 g/mol. The van der Waals surface area contributed by atoms with Crippen molar-refractivity contribution in [3.63, 3.8) is 0 Å². The van der Waals surface area contributed by atoms with Gasteiger partial charge in [0.05, 0.1) is 7.11 Å². The Morgan fingerprint density at radius 2 is 1.66 bits per heavy atom. The normalized spacial score (nSPS) is 27.2. The number of amides is 3. The summed E-state index contributed by atoms with van der Waals surface area (Å²) in [6, 6.07) is -1.57. The molecule has 0 bridgehead atoms. The van der Waals surface area contributed by atoms with Gasteiger partial charge in [-0.25, -0.2) is 9.59 Å². The van der Waals surface area contributed by atoms with Crippen LogP contribution in [0.5, 0.6) is 0 Å². The lowest BCUT2D eigenvalue weighted by Crippen LogP contribution is -2.69. The summed E-state index contributed by atoms with van der Waals surface area (Å²) < 4.78 is 10.2. The van der Waals surface area contributed by atoms with Gasteiger partial charge < -0.3 is 14.8 Å². The fourth-order valence-corrected chi connectivity index (χ4v) is 5.44. The third kappa shape index (κ3) is 5.93. The van der Waals surface area contributed by atoms with Crippen molar-refractivity contribution in [1.29, 1.82) is 0 Å². The second-order valence-corrected chi connectivity index (χ2v) is 16.0. The molecule has 7 nitrogen and oxygen atoms in total. The van der Waals surface area contributed by atoms with Crippen molar-refractivity contribution in [2.45, 2.75) is 110 Å².